The van der Waals surface area contributed by atoms with Gasteiger partial charge in [0, 0.05) is 26.1 Å². The molecule has 0 heterocycles. The highest BCUT2D eigenvalue weighted by Crippen LogP contribution is 2.31. The van der Waals surface area contributed by atoms with Crippen LogP contribution in [0, 0.1) is 0 Å². The number of hydrogen-bond donors (Lipinski definition) is 1. The zero-order valence-corrected chi connectivity index (χ0v) is 23.3. The Bertz CT molecular complexity index is 1040. The Labute approximate surface area is 224 Å². The molecule has 0 aliphatic rings. The number of unbranched alkanes of at least 4 members (excludes halogenated alkanes) is 2. The number of benzene rings is 3. The second-order valence-electron chi connectivity index (χ2n) is 11.4. The van der Waals surface area contributed by atoms with Gasteiger partial charge < -0.3 is 14.6 Å². The number of aryl methyl sites for hydroxylation is 2. The van der Waals surface area contributed by atoms with Crippen LogP contribution in [0.25, 0.3) is 0 Å². The van der Waals surface area contributed by atoms with Gasteiger partial charge in [-0.15, -0.1) is 0 Å². The smallest absolute Gasteiger partial charge is 0.119 e. The van der Waals surface area contributed by atoms with Gasteiger partial charge in [0.2, 0.25) is 0 Å². The second-order valence-corrected chi connectivity index (χ2v) is 11.4. The molecule has 0 saturated heterocycles. The summed E-state index contributed by atoms with van der Waals surface area (Å²) in [5.74, 6) is 0.344. The normalized spacial score (nSPS) is 12.1. The first-order valence-corrected chi connectivity index (χ1v) is 13.9. The Morgan fingerprint density at radius 2 is 1.05 bits per heavy atom. The minimum atomic E-state index is -0.358. The topological polar surface area (TPSA) is 38.7 Å². The van der Waals surface area contributed by atoms with Crippen molar-refractivity contribution in [1.29, 1.82) is 0 Å². The average Bonchev–Trinajstić information content (AvgIpc) is 2.87. The van der Waals surface area contributed by atoms with Gasteiger partial charge >= 0.3 is 0 Å². The van der Waals surface area contributed by atoms with E-state index < -0.39 is 0 Å². The number of rotatable bonds is 16. The monoisotopic (exact) mass is 502 g/mol. The molecule has 0 unspecified atom stereocenters. The van der Waals surface area contributed by atoms with Crippen molar-refractivity contribution in [2.45, 2.75) is 90.3 Å². The van der Waals surface area contributed by atoms with E-state index in [2.05, 4.69) is 94.4 Å². The van der Waals surface area contributed by atoms with Crippen molar-refractivity contribution in [3.05, 3.63) is 101 Å². The summed E-state index contributed by atoms with van der Waals surface area (Å²) in [6.07, 6.45) is 7.88. The summed E-state index contributed by atoms with van der Waals surface area (Å²) in [7, 11) is 0. The van der Waals surface area contributed by atoms with E-state index in [1.165, 1.54) is 11.1 Å². The van der Waals surface area contributed by atoms with Crippen molar-refractivity contribution in [2.75, 3.05) is 13.2 Å². The SMILES string of the molecule is CC(C)(Cc1cccc(O)c1CC(C)(C)OCCCCc1ccccc1)OCCCCc1ccccc1. The van der Waals surface area contributed by atoms with Gasteiger partial charge in [0.25, 0.3) is 0 Å². The summed E-state index contributed by atoms with van der Waals surface area (Å²) in [6.45, 7) is 9.99. The van der Waals surface area contributed by atoms with Crippen LogP contribution in [0.3, 0.4) is 0 Å². The number of ether oxygens (including phenoxy) is 2. The lowest BCUT2D eigenvalue weighted by Crippen LogP contribution is -2.31. The van der Waals surface area contributed by atoms with E-state index in [0.29, 0.717) is 12.2 Å². The number of phenolic OH excluding ortho intramolecular Hbond substituents is 1. The maximum atomic E-state index is 10.7. The molecule has 0 saturated carbocycles. The molecule has 37 heavy (non-hydrogen) atoms. The van der Waals surface area contributed by atoms with Crippen LogP contribution < -0.4 is 0 Å². The summed E-state index contributed by atoms with van der Waals surface area (Å²) >= 11 is 0. The van der Waals surface area contributed by atoms with Crippen molar-refractivity contribution >= 4 is 0 Å². The molecule has 1 N–H and O–H groups in total. The summed E-state index contributed by atoms with van der Waals surface area (Å²) in [5.41, 5.74) is 4.20. The van der Waals surface area contributed by atoms with E-state index >= 15 is 0 Å². The maximum Gasteiger partial charge on any atom is 0.119 e. The lowest BCUT2D eigenvalue weighted by Gasteiger charge is -2.30. The van der Waals surface area contributed by atoms with E-state index in [0.717, 1.165) is 69.3 Å². The predicted molar refractivity (Wildman–Crippen MR) is 154 cm³/mol. The Morgan fingerprint density at radius 3 is 1.57 bits per heavy atom. The van der Waals surface area contributed by atoms with Crippen molar-refractivity contribution in [3.8, 4) is 5.75 Å². The lowest BCUT2D eigenvalue weighted by atomic mass is 9.88. The first-order chi connectivity index (χ1) is 17.7. The Kier molecular flexibility index (Phi) is 11.2. The van der Waals surface area contributed by atoms with Crippen molar-refractivity contribution in [1.82, 2.24) is 0 Å². The van der Waals surface area contributed by atoms with Crippen LogP contribution in [0.2, 0.25) is 0 Å². The Balaban J connectivity index is 1.46. The zero-order valence-electron chi connectivity index (χ0n) is 23.3. The highest BCUT2D eigenvalue weighted by molar-refractivity contribution is 5.41. The van der Waals surface area contributed by atoms with Gasteiger partial charge in [-0.25, -0.2) is 0 Å². The van der Waals surface area contributed by atoms with Gasteiger partial charge in [-0.3, -0.25) is 0 Å². The van der Waals surface area contributed by atoms with Crippen molar-refractivity contribution < 1.29 is 14.6 Å². The molecule has 3 nitrogen and oxygen atoms in total. The highest BCUT2D eigenvalue weighted by Gasteiger charge is 2.26. The van der Waals surface area contributed by atoms with Crippen LogP contribution in [0.15, 0.2) is 78.9 Å². The molecule has 3 aromatic carbocycles. The summed E-state index contributed by atoms with van der Waals surface area (Å²) in [6, 6.07) is 27.1. The Morgan fingerprint density at radius 1 is 0.568 bits per heavy atom. The largest absolute Gasteiger partial charge is 0.508 e. The van der Waals surface area contributed by atoms with E-state index in [9.17, 15) is 5.11 Å². The average molecular weight is 503 g/mol. The van der Waals surface area contributed by atoms with E-state index in [1.54, 1.807) is 6.07 Å². The molecule has 0 aliphatic carbocycles. The molecule has 0 radical (unpaired) electrons. The maximum absolute atomic E-state index is 10.7. The third-order valence-electron chi connectivity index (χ3n) is 6.86. The van der Waals surface area contributed by atoms with E-state index in [-0.39, 0.29) is 11.2 Å². The molecule has 0 amide bonds. The highest BCUT2D eigenvalue weighted by atomic mass is 16.5. The van der Waals surface area contributed by atoms with Crippen LogP contribution in [-0.4, -0.2) is 29.5 Å². The summed E-state index contributed by atoms with van der Waals surface area (Å²) < 4.78 is 12.6. The molecular formula is C34H46O3. The Hall–Kier alpha value is -2.62. The molecule has 3 heteroatoms. The van der Waals surface area contributed by atoms with Gasteiger partial charge in [-0.05, 0) is 94.5 Å². The minimum Gasteiger partial charge on any atom is -0.508 e. The summed E-state index contributed by atoms with van der Waals surface area (Å²) in [5, 5.41) is 10.7. The van der Waals surface area contributed by atoms with Gasteiger partial charge in [0.05, 0.1) is 11.2 Å². The molecular weight excluding hydrogens is 456 g/mol. The van der Waals surface area contributed by atoms with Crippen molar-refractivity contribution in [2.24, 2.45) is 0 Å². The predicted octanol–water partition coefficient (Wildman–Crippen LogP) is 8.11. The first kappa shape index (κ1) is 28.9. The van der Waals surface area contributed by atoms with Gasteiger partial charge in [0.15, 0.2) is 0 Å². The molecule has 0 atom stereocenters. The van der Waals surface area contributed by atoms with Crippen LogP contribution >= 0.6 is 0 Å². The fourth-order valence-electron chi connectivity index (χ4n) is 4.83. The van der Waals surface area contributed by atoms with Gasteiger partial charge in [-0.2, -0.15) is 0 Å². The fraction of sp³-hybridized carbons (Fsp3) is 0.471. The fourth-order valence-corrected chi connectivity index (χ4v) is 4.83. The number of aromatic hydroxyl groups is 1. The molecule has 0 spiro atoms. The second kappa shape index (κ2) is 14.4. The first-order valence-electron chi connectivity index (χ1n) is 13.9. The zero-order chi connectivity index (χ0) is 26.6. The van der Waals surface area contributed by atoms with Crippen LogP contribution in [0.4, 0.5) is 0 Å². The number of hydrogen-bond acceptors (Lipinski definition) is 3. The van der Waals surface area contributed by atoms with Crippen LogP contribution in [-0.2, 0) is 35.2 Å². The third-order valence-corrected chi connectivity index (χ3v) is 6.86. The van der Waals surface area contributed by atoms with Gasteiger partial charge in [-0.1, -0.05) is 72.8 Å². The quantitative estimate of drug-likeness (QED) is 0.201. The number of phenols is 1. The molecule has 3 rings (SSSR count). The third kappa shape index (κ3) is 10.7. The van der Waals surface area contributed by atoms with Crippen LogP contribution in [0.5, 0.6) is 5.75 Å². The van der Waals surface area contributed by atoms with E-state index in [4.69, 9.17) is 9.47 Å². The molecule has 0 aromatic heterocycles. The molecule has 0 aliphatic heterocycles. The molecule has 0 fully saturated rings. The molecule has 0 bridgehead atoms. The minimum absolute atomic E-state index is 0.308. The van der Waals surface area contributed by atoms with Crippen molar-refractivity contribution in [3.63, 3.8) is 0 Å². The molecule has 3 aromatic rings. The summed E-state index contributed by atoms with van der Waals surface area (Å²) in [4.78, 5) is 0. The van der Waals surface area contributed by atoms with Crippen LogP contribution in [0.1, 0.15) is 75.6 Å². The standard InChI is InChI=1S/C34H46O3/c1-33(2,36-24-13-11-20-28-16-7-5-8-17-28)26-30-22-15-23-32(35)31(30)27-34(3,4)37-25-14-12-21-29-18-9-6-10-19-29/h5-10,15-19,22-23,35H,11-14,20-21,24-27H2,1-4H3. The molecule has 200 valence electrons. The van der Waals surface area contributed by atoms with E-state index in [1.807, 2.05) is 6.07 Å². The lowest BCUT2D eigenvalue weighted by molar-refractivity contribution is -0.0229. The van der Waals surface area contributed by atoms with Gasteiger partial charge in [0.1, 0.15) is 5.75 Å².